The maximum Gasteiger partial charge on any atom is 0.258 e. The van der Waals surface area contributed by atoms with Gasteiger partial charge in [0.25, 0.3) is 5.91 Å². The van der Waals surface area contributed by atoms with Gasteiger partial charge in [-0.05, 0) is 80.9 Å². The number of rotatable bonds is 4. The molecule has 0 saturated heterocycles. The average molecular weight is 299 g/mol. The first-order valence-electron chi connectivity index (χ1n) is 8.61. The molecular formula is C19H25NO2. The number of aryl methyl sites for hydroxylation is 1. The lowest BCUT2D eigenvalue weighted by Gasteiger charge is -2.56. The van der Waals surface area contributed by atoms with Crippen LogP contribution in [0.25, 0.3) is 0 Å². The molecule has 1 amide bonds. The van der Waals surface area contributed by atoms with Gasteiger partial charge in [0.2, 0.25) is 0 Å². The minimum atomic E-state index is 0.0449. The molecule has 0 spiro atoms. The summed E-state index contributed by atoms with van der Waals surface area (Å²) >= 11 is 0. The summed E-state index contributed by atoms with van der Waals surface area (Å²) < 4.78 is 5.65. The molecule has 1 aromatic rings. The van der Waals surface area contributed by atoms with Gasteiger partial charge < -0.3 is 10.1 Å². The Morgan fingerprint density at radius 3 is 2.41 bits per heavy atom. The van der Waals surface area contributed by atoms with Crippen molar-refractivity contribution >= 4 is 5.91 Å². The van der Waals surface area contributed by atoms with Gasteiger partial charge in [-0.2, -0.15) is 0 Å². The van der Waals surface area contributed by atoms with E-state index in [0.717, 1.165) is 29.1 Å². The predicted octanol–water partition coefficient (Wildman–Crippen LogP) is 3.46. The Labute approximate surface area is 132 Å². The molecule has 4 bridgehead atoms. The zero-order valence-corrected chi connectivity index (χ0v) is 13.3. The van der Waals surface area contributed by atoms with Crippen molar-refractivity contribution < 1.29 is 9.53 Å². The van der Waals surface area contributed by atoms with Gasteiger partial charge in [-0.1, -0.05) is 12.1 Å². The number of nitrogens with one attached hydrogen (secondary N) is 1. The number of hydrogen-bond acceptors (Lipinski definition) is 2. The van der Waals surface area contributed by atoms with Gasteiger partial charge >= 0.3 is 0 Å². The number of ether oxygens (including phenoxy) is 1. The van der Waals surface area contributed by atoms with Crippen LogP contribution in [0.3, 0.4) is 0 Å². The molecule has 0 aliphatic heterocycles. The summed E-state index contributed by atoms with van der Waals surface area (Å²) in [7, 11) is 0. The van der Waals surface area contributed by atoms with Crippen LogP contribution in [-0.4, -0.2) is 18.1 Å². The molecule has 0 radical (unpaired) electrons. The van der Waals surface area contributed by atoms with E-state index in [-0.39, 0.29) is 18.1 Å². The monoisotopic (exact) mass is 299 g/mol. The van der Waals surface area contributed by atoms with Gasteiger partial charge in [-0.25, -0.2) is 0 Å². The highest BCUT2D eigenvalue weighted by Gasteiger charge is 2.51. The zero-order chi connectivity index (χ0) is 15.2. The number of carbonyl (C=O) groups excluding carboxylic acids is 1. The molecule has 3 nitrogen and oxygen atoms in total. The minimum absolute atomic E-state index is 0.0449. The van der Waals surface area contributed by atoms with Crippen LogP contribution >= 0.6 is 0 Å². The van der Waals surface area contributed by atoms with Crippen LogP contribution < -0.4 is 10.1 Å². The van der Waals surface area contributed by atoms with Gasteiger partial charge in [0.15, 0.2) is 6.61 Å². The molecule has 3 heteroatoms. The third-order valence-electron chi connectivity index (χ3n) is 5.80. The number of amides is 1. The number of hydrogen-bond donors (Lipinski definition) is 1. The fourth-order valence-corrected chi connectivity index (χ4v) is 5.45. The molecule has 0 aromatic heterocycles. The molecule has 4 fully saturated rings. The topological polar surface area (TPSA) is 38.3 Å². The van der Waals surface area contributed by atoms with Crippen LogP contribution in [0.1, 0.15) is 44.1 Å². The minimum Gasteiger partial charge on any atom is -0.484 e. The van der Waals surface area contributed by atoms with Crippen molar-refractivity contribution in [3.63, 3.8) is 0 Å². The molecule has 0 heterocycles. The van der Waals surface area contributed by atoms with Crippen molar-refractivity contribution in [2.24, 2.45) is 17.8 Å². The molecular weight excluding hydrogens is 274 g/mol. The fourth-order valence-electron chi connectivity index (χ4n) is 5.45. The second-order valence-corrected chi connectivity index (χ2v) is 7.85. The van der Waals surface area contributed by atoms with E-state index >= 15 is 0 Å². The van der Waals surface area contributed by atoms with Crippen molar-refractivity contribution in [2.45, 2.75) is 51.0 Å². The van der Waals surface area contributed by atoms with Crippen molar-refractivity contribution in [1.29, 1.82) is 0 Å². The van der Waals surface area contributed by atoms with Gasteiger partial charge in [0.1, 0.15) is 5.75 Å². The maximum atomic E-state index is 12.3. The lowest BCUT2D eigenvalue weighted by atomic mass is 9.53. The smallest absolute Gasteiger partial charge is 0.258 e. The predicted molar refractivity (Wildman–Crippen MR) is 85.7 cm³/mol. The molecule has 0 atom stereocenters. The van der Waals surface area contributed by atoms with Crippen molar-refractivity contribution in [1.82, 2.24) is 5.32 Å². The molecule has 4 aliphatic carbocycles. The van der Waals surface area contributed by atoms with Crippen molar-refractivity contribution in [3.05, 3.63) is 29.8 Å². The summed E-state index contributed by atoms with van der Waals surface area (Å²) in [4.78, 5) is 12.3. The van der Waals surface area contributed by atoms with E-state index in [1.807, 2.05) is 31.2 Å². The van der Waals surface area contributed by atoms with E-state index in [2.05, 4.69) is 5.32 Å². The van der Waals surface area contributed by atoms with Crippen LogP contribution in [0.2, 0.25) is 0 Å². The highest BCUT2D eigenvalue weighted by Crippen LogP contribution is 2.55. The summed E-state index contributed by atoms with van der Waals surface area (Å²) in [5, 5.41) is 3.35. The first kappa shape index (κ1) is 14.1. The SMILES string of the molecule is Cc1cccc(OCC(=O)NC23CC4CC(CC(C4)C2)C3)c1. The lowest BCUT2D eigenvalue weighted by Crippen LogP contribution is -2.60. The Balaban J connectivity index is 1.36. The standard InChI is InChI=1S/C19H25NO2/c1-13-3-2-4-17(5-13)22-12-18(21)20-19-9-14-6-15(10-19)8-16(7-14)11-19/h2-5,14-16H,6-12H2,1H3,(H,20,21). The third kappa shape index (κ3) is 2.73. The van der Waals surface area contributed by atoms with Gasteiger partial charge in [-0.3, -0.25) is 4.79 Å². The van der Waals surface area contributed by atoms with Gasteiger partial charge in [0.05, 0.1) is 0 Å². The first-order chi connectivity index (χ1) is 10.6. The quantitative estimate of drug-likeness (QED) is 0.924. The van der Waals surface area contributed by atoms with Gasteiger partial charge in [0, 0.05) is 5.54 Å². The largest absolute Gasteiger partial charge is 0.484 e. The van der Waals surface area contributed by atoms with Gasteiger partial charge in [-0.15, -0.1) is 0 Å². The molecule has 5 rings (SSSR count). The number of benzene rings is 1. The summed E-state index contributed by atoms with van der Waals surface area (Å²) in [6.07, 6.45) is 7.76. The van der Waals surface area contributed by atoms with E-state index in [1.54, 1.807) is 0 Å². The van der Waals surface area contributed by atoms with E-state index < -0.39 is 0 Å². The molecule has 4 aliphatic rings. The first-order valence-corrected chi connectivity index (χ1v) is 8.61. The van der Waals surface area contributed by atoms with E-state index in [0.29, 0.717) is 0 Å². The normalized spacial score (nSPS) is 35.4. The van der Waals surface area contributed by atoms with Crippen LogP contribution in [0.4, 0.5) is 0 Å². The zero-order valence-electron chi connectivity index (χ0n) is 13.3. The Morgan fingerprint density at radius 1 is 1.18 bits per heavy atom. The third-order valence-corrected chi connectivity index (χ3v) is 5.80. The lowest BCUT2D eigenvalue weighted by molar-refractivity contribution is -0.128. The molecule has 1 N–H and O–H groups in total. The highest BCUT2D eigenvalue weighted by molar-refractivity contribution is 5.78. The van der Waals surface area contributed by atoms with E-state index in [1.165, 1.54) is 38.5 Å². The summed E-state index contributed by atoms with van der Waals surface area (Å²) in [6.45, 7) is 2.16. The van der Waals surface area contributed by atoms with Crippen LogP contribution in [0.15, 0.2) is 24.3 Å². The number of carbonyl (C=O) groups is 1. The molecule has 1 aromatic carbocycles. The van der Waals surface area contributed by atoms with E-state index in [9.17, 15) is 4.79 Å². The summed E-state index contributed by atoms with van der Waals surface area (Å²) in [6, 6.07) is 7.87. The molecule has 22 heavy (non-hydrogen) atoms. The molecule has 0 unspecified atom stereocenters. The summed E-state index contributed by atoms with van der Waals surface area (Å²) in [5.74, 6) is 3.38. The molecule has 4 saturated carbocycles. The summed E-state index contributed by atoms with van der Waals surface area (Å²) in [5.41, 5.74) is 1.24. The second kappa shape index (κ2) is 5.29. The van der Waals surface area contributed by atoms with Crippen LogP contribution in [-0.2, 0) is 4.79 Å². The second-order valence-electron chi connectivity index (χ2n) is 7.85. The molecule has 118 valence electrons. The Kier molecular flexibility index (Phi) is 3.39. The fraction of sp³-hybridized carbons (Fsp3) is 0.632. The Hall–Kier alpha value is -1.51. The average Bonchev–Trinajstić information content (AvgIpc) is 2.43. The Morgan fingerprint density at radius 2 is 1.82 bits per heavy atom. The Bertz CT molecular complexity index is 545. The van der Waals surface area contributed by atoms with Crippen molar-refractivity contribution in [3.8, 4) is 5.75 Å². The maximum absolute atomic E-state index is 12.3. The van der Waals surface area contributed by atoms with Crippen LogP contribution in [0, 0.1) is 24.7 Å². The van der Waals surface area contributed by atoms with Crippen LogP contribution in [0.5, 0.6) is 5.75 Å². The van der Waals surface area contributed by atoms with Crippen molar-refractivity contribution in [2.75, 3.05) is 6.61 Å². The van der Waals surface area contributed by atoms with E-state index in [4.69, 9.17) is 4.74 Å². The highest BCUT2D eigenvalue weighted by atomic mass is 16.5.